The van der Waals surface area contributed by atoms with Gasteiger partial charge in [0.15, 0.2) is 0 Å². The van der Waals surface area contributed by atoms with Crippen LogP contribution in [0.15, 0.2) is 0 Å². The molecule has 0 bridgehead atoms. The predicted molar refractivity (Wildman–Crippen MR) is 70.0 cm³/mol. The van der Waals surface area contributed by atoms with Gasteiger partial charge in [-0.2, -0.15) is 11.8 Å². The lowest BCUT2D eigenvalue weighted by Crippen LogP contribution is -2.47. The number of carbonyl (C=O) groups is 2. The van der Waals surface area contributed by atoms with E-state index in [4.69, 9.17) is 0 Å². The van der Waals surface area contributed by atoms with E-state index in [1.165, 1.54) is 0 Å². The molecule has 1 rings (SSSR count). The van der Waals surface area contributed by atoms with Gasteiger partial charge in [0.25, 0.3) is 0 Å². The third kappa shape index (κ3) is 5.41. The van der Waals surface area contributed by atoms with E-state index in [2.05, 4.69) is 16.0 Å². The van der Waals surface area contributed by atoms with Crippen LogP contribution >= 0.6 is 11.8 Å². The fourth-order valence-corrected chi connectivity index (χ4v) is 2.62. The van der Waals surface area contributed by atoms with Crippen LogP contribution in [0.2, 0.25) is 0 Å². The van der Waals surface area contributed by atoms with Crippen molar-refractivity contribution in [3.05, 3.63) is 0 Å². The van der Waals surface area contributed by atoms with Gasteiger partial charge in [-0.05, 0) is 13.8 Å². The van der Waals surface area contributed by atoms with Crippen molar-refractivity contribution < 1.29 is 9.59 Å². The summed E-state index contributed by atoms with van der Waals surface area (Å²) in [6.07, 6.45) is 0.441. The molecule has 2 unspecified atom stereocenters. The largest absolute Gasteiger partial charge is 0.355 e. The van der Waals surface area contributed by atoms with Gasteiger partial charge in [0.2, 0.25) is 11.8 Å². The molecule has 0 aromatic rings. The summed E-state index contributed by atoms with van der Waals surface area (Å²) in [6, 6.07) is -0.228. The Kier molecular flexibility index (Phi) is 6.36. The van der Waals surface area contributed by atoms with Crippen LogP contribution in [0.25, 0.3) is 0 Å². The van der Waals surface area contributed by atoms with E-state index in [0.717, 1.165) is 18.1 Å². The zero-order valence-electron chi connectivity index (χ0n) is 10.4. The number of nitrogens with one attached hydrogen (secondary N) is 3. The number of rotatable bonds is 5. The Labute approximate surface area is 106 Å². The number of thioether (sulfide) groups is 1. The molecule has 6 heteroatoms. The highest BCUT2D eigenvalue weighted by atomic mass is 32.2. The van der Waals surface area contributed by atoms with Gasteiger partial charge in [-0.25, -0.2) is 0 Å². The minimum atomic E-state index is -0.460. The molecule has 1 fully saturated rings. The first kappa shape index (κ1) is 14.3. The maximum atomic E-state index is 11.7. The quantitative estimate of drug-likeness (QED) is 0.635. The van der Waals surface area contributed by atoms with Gasteiger partial charge in [0.1, 0.15) is 6.04 Å². The number of likely N-dealkylation sites (N-methyl/N-ethyl adjacent to an activating group) is 1. The van der Waals surface area contributed by atoms with Crippen LogP contribution < -0.4 is 16.0 Å². The van der Waals surface area contributed by atoms with Crippen molar-refractivity contribution in [1.82, 2.24) is 16.0 Å². The minimum Gasteiger partial charge on any atom is -0.355 e. The molecule has 0 saturated carbocycles. The van der Waals surface area contributed by atoms with Crippen molar-refractivity contribution in [2.75, 3.05) is 24.6 Å². The molecule has 98 valence electrons. The van der Waals surface area contributed by atoms with E-state index in [0.29, 0.717) is 13.0 Å². The summed E-state index contributed by atoms with van der Waals surface area (Å²) >= 11 is 1.86. The smallest absolute Gasteiger partial charge is 0.242 e. The second-order valence-corrected chi connectivity index (χ2v) is 5.26. The van der Waals surface area contributed by atoms with Gasteiger partial charge in [-0.15, -0.1) is 0 Å². The summed E-state index contributed by atoms with van der Waals surface area (Å²) < 4.78 is 0. The van der Waals surface area contributed by atoms with E-state index in [9.17, 15) is 9.59 Å². The first-order valence-corrected chi connectivity index (χ1v) is 7.17. The van der Waals surface area contributed by atoms with Crippen molar-refractivity contribution in [2.45, 2.75) is 32.4 Å². The lowest BCUT2D eigenvalue weighted by molar-refractivity contribution is -0.128. The first-order chi connectivity index (χ1) is 8.13. The Hall–Kier alpha value is -0.750. The average Bonchev–Trinajstić information content (AvgIpc) is 2.30. The van der Waals surface area contributed by atoms with Crippen molar-refractivity contribution in [1.29, 1.82) is 0 Å². The molecule has 0 spiro atoms. The van der Waals surface area contributed by atoms with Crippen LogP contribution in [0, 0.1) is 0 Å². The van der Waals surface area contributed by atoms with E-state index >= 15 is 0 Å². The Balaban J connectivity index is 2.25. The SMILES string of the molecule is CCNC(=O)C(C)NC(=O)CC1CSCCN1. The first-order valence-electron chi connectivity index (χ1n) is 6.01. The number of hydrogen-bond donors (Lipinski definition) is 3. The van der Waals surface area contributed by atoms with Gasteiger partial charge in [0.05, 0.1) is 0 Å². The Morgan fingerprint density at radius 1 is 1.53 bits per heavy atom. The fraction of sp³-hybridized carbons (Fsp3) is 0.818. The van der Waals surface area contributed by atoms with Crippen LogP contribution in [0.3, 0.4) is 0 Å². The molecule has 17 heavy (non-hydrogen) atoms. The van der Waals surface area contributed by atoms with Crippen molar-refractivity contribution in [3.63, 3.8) is 0 Å². The molecule has 5 nitrogen and oxygen atoms in total. The molecule has 0 aliphatic carbocycles. The Bertz CT molecular complexity index is 267. The molecule has 2 amide bonds. The van der Waals surface area contributed by atoms with Gasteiger partial charge < -0.3 is 16.0 Å². The Morgan fingerprint density at radius 3 is 2.88 bits per heavy atom. The molecule has 1 aliphatic rings. The molecule has 1 saturated heterocycles. The summed E-state index contributed by atoms with van der Waals surface area (Å²) in [7, 11) is 0. The van der Waals surface area contributed by atoms with E-state index in [-0.39, 0.29) is 17.9 Å². The number of carbonyl (C=O) groups excluding carboxylic acids is 2. The average molecular weight is 259 g/mol. The zero-order valence-corrected chi connectivity index (χ0v) is 11.2. The maximum absolute atomic E-state index is 11.7. The monoisotopic (exact) mass is 259 g/mol. The highest BCUT2D eigenvalue weighted by Crippen LogP contribution is 2.09. The van der Waals surface area contributed by atoms with Gasteiger partial charge >= 0.3 is 0 Å². The van der Waals surface area contributed by atoms with E-state index in [1.54, 1.807) is 6.92 Å². The summed E-state index contributed by atoms with van der Waals surface area (Å²) in [5, 5.41) is 8.69. The Morgan fingerprint density at radius 2 is 2.29 bits per heavy atom. The molecule has 1 heterocycles. The highest BCUT2D eigenvalue weighted by molar-refractivity contribution is 7.99. The third-order valence-corrected chi connectivity index (χ3v) is 3.68. The lowest BCUT2D eigenvalue weighted by atomic mass is 10.2. The van der Waals surface area contributed by atoms with Gasteiger partial charge in [0, 0.05) is 37.1 Å². The maximum Gasteiger partial charge on any atom is 0.242 e. The molecular formula is C11H21N3O2S. The third-order valence-electron chi connectivity index (χ3n) is 2.55. The summed E-state index contributed by atoms with van der Waals surface area (Å²) in [4.78, 5) is 23.1. The highest BCUT2D eigenvalue weighted by Gasteiger charge is 2.19. The van der Waals surface area contributed by atoms with Crippen molar-refractivity contribution in [2.24, 2.45) is 0 Å². The minimum absolute atomic E-state index is 0.0660. The summed E-state index contributed by atoms with van der Waals surface area (Å²) in [5.41, 5.74) is 0. The van der Waals surface area contributed by atoms with Crippen LogP contribution in [0.5, 0.6) is 0 Å². The van der Waals surface area contributed by atoms with Crippen LogP contribution in [-0.2, 0) is 9.59 Å². The van der Waals surface area contributed by atoms with Crippen LogP contribution in [-0.4, -0.2) is 48.5 Å². The van der Waals surface area contributed by atoms with Gasteiger partial charge in [-0.1, -0.05) is 0 Å². The molecular weight excluding hydrogens is 238 g/mol. The molecule has 0 radical (unpaired) electrons. The normalized spacial score (nSPS) is 21.6. The molecule has 3 N–H and O–H groups in total. The van der Waals surface area contributed by atoms with Gasteiger partial charge in [-0.3, -0.25) is 9.59 Å². The fourth-order valence-electron chi connectivity index (χ4n) is 1.67. The zero-order chi connectivity index (χ0) is 12.7. The molecule has 0 aromatic carbocycles. The molecule has 0 aromatic heterocycles. The van der Waals surface area contributed by atoms with E-state index in [1.807, 2.05) is 18.7 Å². The van der Waals surface area contributed by atoms with Crippen molar-refractivity contribution in [3.8, 4) is 0 Å². The number of amides is 2. The van der Waals surface area contributed by atoms with Crippen LogP contribution in [0.1, 0.15) is 20.3 Å². The number of hydrogen-bond acceptors (Lipinski definition) is 4. The van der Waals surface area contributed by atoms with E-state index < -0.39 is 6.04 Å². The second-order valence-electron chi connectivity index (χ2n) is 4.11. The molecule has 1 aliphatic heterocycles. The van der Waals surface area contributed by atoms with Crippen molar-refractivity contribution >= 4 is 23.6 Å². The molecule has 2 atom stereocenters. The standard InChI is InChI=1S/C11H21N3O2S/c1-3-12-11(16)8(2)14-10(15)6-9-7-17-5-4-13-9/h8-9,13H,3-7H2,1-2H3,(H,12,16)(H,14,15). The predicted octanol–water partition coefficient (Wildman–Crippen LogP) is -0.278. The van der Waals surface area contributed by atoms with Crippen LogP contribution in [0.4, 0.5) is 0 Å². The second kappa shape index (κ2) is 7.55. The summed E-state index contributed by atoms with van der Waals surface area (Å²) in [6.45, 7) is 5.09. The summed E-state index contributed by atoms with van der Waals surface area (Å²) in [5.74, 6) is 1.87. The lowest BCUT2D eigenvalue weighted by Gasteiger charge is -2.23. The topological polar surface area (TPSA) is 70.2 Å².